The molecule has 66 valence electrons. The standard InChI is InChI=1S/C5H7N3O2S2/c1-3(9)2-4-7-8-5(11-4)12(6)10/h2,6H2,1H3. The van der Waals surface area contributed by atoms with Crippen molar-refractivity contribution >= 4 is 28.1 Å². The summed E-state index contributed by atoms with van der Waals surface area (Å²) in [5.41, 5.74) is 0. The molecule has 5 nitrogen and oxygen atoms in total. The first-order valence-corrected chi connectivity index (χ1v) is 5.10. The Bertz CT molecular complexity index is 322. The maximum Gasteiger partial charge on any atom is 0.219 e. The Morgan fingerprint density at radius 2 is 2.33 bits per heavy atom. The van der Waals surface area contributed by atoms with Crippen molar-refractivity contribution in [1.29, 1.82) is 0 Å². The lowest BCUT2D eigenvalue weighted by Crippen LogP contribution is -2.01. The number of rotatable bonds is 3. The lowest BCUT2D eigenvalue weighted by molar-refractivity contribution is -0.116. The Morgan fingerprint density at radius 3 is 2.75 bits per heavy atom. The highest BCUT2D eigenvalue weighted by Crippen LogP contribution is 2.11. The predicted octanol–water partition coefficient (Wildman–Crippen LogP) is -0.349. The fourth-order valence-electron chi connectivity index (χ4n) is 0.604. The number of carbonyl (C=O) groups is 1. The van der Waals surface area contributed by atoms with E-state index < -0.39 is 11.0 Å². The van der Waals surface area contributed by atoms with E-state index in [4.69, 9.17) is 5.14 Å². The van der Waals surface area contributed by atoms with Gasteiger partial charge in [0.2, 0.25) is 4.34 Å². The summed E-state index contributed by atoms with van der Waals surface area (Å²) < 4.78 is 10.9. The van der Waals surface area contributed by atoms with Crippen LogP contribution in [0.15, 0.2) is 4.34 Å². The molecule has 0 aliphatic rings. The zero-order valence-corrected chi connectivity index (χ0v) is 7.94. The van der Waals surface area contributed by atoms with Crippen molar-refractivity contribution in [2.75, 3.05) is 0 Å². The maximum atomic E-state index is 10.7. The van der Waals surface area contributed by atoms with Crippen LogP contribution in [0.3, 0.4) is 0 Å². The second-order valence-electron chi connectivity index (χ2n) is 2.14. The number of nitrogens with zero attached hydrogens (tertiary/aromatic N) is 2. The molecule has 0 amide bonds. The minimum atomic E-state index is -1.59. The van der Waals surface area contributed by atoms with Crippen LogP contribution in [0, 0.1) is 0 Å². The highest BCUT2D eigenvalue weighted by molar-refractivity contribution is 7.84. The molecule has 0 bridgehead atoms. The summed E-state index contributed by atoms with van der Waals surface area (Å²) in [6, 6.07) is 0. The molecule has 7 heteroatoms. The van der Waals surface area contributed by atoms with Gasteiger partial charge >= 0.3 is 0 Å². The third-order valence-electron chi connectivity index (χ3n) is 1.02. The first-order valence-electron chi connectivity index (χ1n) is 3.07. The van der Waals surface area contributed by atoms with E-state index >= 15 is 0 Å². The predicted molar refractivity (Wildman–Crippen MR) is 44.9 cm³/mol. The lowest BCUT2D eigenvalue weighted by Gasteiger charge is -1.84. The minimum absolute atomic E-state index is 0.000466. The lowest BCUT2D eigenvalue weighted by atomic mass is 10.3. The molecule has 0 aliphatic heterocycles. The van der Waals surface area contributed by atoms with E-state index in [1.165, 1.54) is 6.92 Å². The van der Waals surface area contributed by atoms with Gasteiger partial charge in [-0.05, 0) is 6.92 Å². The molecule has 1 atom stereocenters. The topological polar surface area (TPSA) is 85.9 Å². The second kappa shape index (κ2) is 3.83. The van der Waals surface area contributed by atoms with Gasteiger partial charge in [-0.25, -0.2) is 9.35 Å². The van der Waals surface area contributed by atoms with Crippen LogP contribution in [-0.2, 0) is 22.2 Å². The fourth-order valence-corrected chi connectivity index (χ4v) is 1.98. The number of carbonyl (C=O) groups excluding carboxylic acids is 1. The van der Waals surface area contributed by atoms with Crippen molar-refractivity contribution in [3.8, 4) is 0 Å². The van der Waals surface area contributed by atoms with Crippen molar-refractivity contribution in [2.24, 2.45) is 5.14 Å². The van der Waals surface area contributed by atoms with Gasteiger partial charge < -0.3 is 0 Å². The van der Waals surface area contributed by atoms with E-state index in [0.29, 0.717) is 5.01 Å². The monoisotopic (exact) mass is 205 g/mol. The zero-order valence-electron chi connectivity index (χ0n) is 6.31. The van der Waals surface area contributed by atoms with Crippen molar-refractivity contribution < 1.29 is 9.00 Å². The van der Waals surface area contributed by atoms with E-state index in [-0.39, 0.29) is 16.5 Å². The van der Waals surface area contributed by atoms with Crippen molar-refractivity contribution in [2.45, 2.75) is 17.7 Å². The zero-order chi connectivity index (χ0) is 9.14. The van der Waals surface area contributed by atoms with Crippen LogP contribution in [0.25, 0.3) is 0 Å². The smallest absolute Gasteiger partial charge is 0.219 e. The molecule has 1 rings (SSSR count). The molecule has 0 aliphatic carbocycles. The Balaban J connectivity index is 2.77. The highest BCUT2D eigenvalue weighted by Gasteiger charge is 2.08. The van der Waals surface area contributed by atoms with Crippen molar-refractivity contribution in [3.05, 3.63) is 5.01 Å². The summed E-state index contributed by atoms with van der Waals surface area (Å²) in [5.74, 6) is 0.000466. The van der Waals surface area contributed by atoms with Crippen LogP contribution in [-0.4, -0.2) is 20.2 Å². The molecule has 0 fully saturated rings. The Morgan fingerprint density at radius 1 is 1.67 bits per heavy atom. The molecule has 0 saturated heterocycles. The van der Waals surface area contributed by atoms with Gasteiger partial charge in [-0.2, -0.15) is 0 Å². The number of ketones is 1. The third kappa shape index (κ3) is 2.43. The number of hydrogen-bond acceptors (Lipinski definition) is 5. The number of nitrogens with two attached hydrogens (primary N) is 1. The molecular weight excluding hydrogens is 198 g/mol. The number of hydrogen-bond donors (Lipinski definition) is 1. The first kappa shape index (κ1) is 9.43. The molecule has 1 aromatic rings. The minimum Gasteiger partial charge on any atom is -0.300 e. The maximum absolute atomic E-state index is 10.7. The Labute approximate surface area is 75.6 Å². The van der Waals surface area contributed by atoms with Gasteiger partial charge in [-0.3, -0.25) is 4.79 Å². The molecule has 0 saturated carbocycles. The molecule has 12 heavy (non-hydrogen) atoms. The SMILES string of the molecule is CC(=O)Cc1nnc(S(N)=O)s1. The van der Waals surface area contributed by atoms with Crippen LogP contribution in [0.4, 0.5) is 0 Å². The van der Waals surface area contributed by atoms with E-state index in [1.807, 2.05) is 0 Å². The molecule has 0 aromatic carbocycles. The Kier molecular flexibility index (Phi) is 3.01. The van der Waals surface area contributed by atoms with Gasteiger partial charge in [-0.15, -0.1) is 10.2 Å². The third-order valence-corrected chi connectivity index (χ3v) is 2.91. The van der Waals surface area contributed by atoms with Crippen LogP contribution < -0.4 is 5.14 Å². The summed E-state index contributed by atoms with van der Waals surface area (Å²) in [7, 11) is -1.59. The van der Waals surface area contributed by atoms with Crippen LogP contribution in [0.1, 0.15) is 11.9 Å². The number of aromatic nitrogens is 2. The van der Waals surface area contributed by atoms with E-state index in [0.717, 1.165) is 11.3 Å². The quantitative estimate of drug-likeness (QED) is 0.730. The number of Topliss-reactive ketones (excluding diaryl/α,β-unsaturated/α-hetero) is 1. The summed E-state index contributed by atoms with van der Waals surface area (Å²) in [6.07, 6.45) is 0.231. The molecule has 0 radical (unpaired) electrons. The van der Waals surface area contributed by atoms with Gasteiger partial charge in [0.05, 0.1) is 6.42 Å². The summed E-state index contributed by atoms with van der Waals surface area (Å²) in [5, 5.41) is 12.8. The summed E-state index contributed by atoms with van der Waals surface area (Å²) in [6.45, 7) is 1.46. The molecule has 1 unspecified atom stereocenters. The van der Waals surface area contributed by atoms with Gasteiger partial charge in [0.1, 0.15) is 10.8 Å². The van der Waals surface area contributed by atoms with Crippen molar-refractivity contribution in [1.82, 2.24) is 10.2 Å². The molecule has 0 spiro atoms. The van der Waals surface area contributed by atoms with E-state index in [1.54, 1.807) is 0 Å². The second-order valence-corrected chi connectivity index (χ2v) is 4.44. The largest absolute Gasteiger partial charge is 0.300 e. The summed E-state index contributed by atoms with van der Waals surface area (Å²) >= 11 is 1.10. The fraction of sp³-hybridized carbons (Fsp3) is 0.400. The first-order chi connectivity index (χ1) is 5.59. The molecule has 1 heterocycles. The average molecular weight is 205 g/mol. The molecular formula is C5H7N3O2S2. The highest BCUT2D eigenvalue weighted by atomic mass is 32.2. The molecule has 1 aromatic heterocycles. The van der Waals surface area contributed by atoms with Gasteiger partial charge in [0, 0.05) is 0 Å². The normalized spacial score (nSPS) is 12.8. The van der Waals surface area contributed by atoms with Crippen LogP contribution in [0.2, 0.25) is 0 Å². The van der Waals surface area contributed by atoms with Crippen LogP contribution >= 0.6 is 11.3 Å². The molecule has 2 N–H and O–H groups in total. The Hall–Kier alpha value is -0.660. The summed E-state index contributed by atoms with van der Waals surface area (Å²) in [4.78, 5) is 10.6. The van der Waals surface area contributed by atoms with Gasteiger partial charge in [0.25, 0.3) is 0 Å². The van der Waals surface area contributed by atoms with Gasteiger partial charge in [-0.1, -0.05) is 11.3 Å². The van der Waals surface area contributed by atoms with E-state index in [2.05, 4.69) is 10.2 Å². The average Bonchev–Trinajstić information content (AvgIpc) is 2.34. The van der Waals surface area contributed by atoms with Crippen LogP contribution in [0.5, 0.6) is 0 Å². The van der Waals surface area contributed by atoms with Crippen molar-refractivity contribution in [3.63, 3.8) is 0 Å². The van der Waals surface area contributed by atoms with Gasteiger partial charge in [0.15, 0.2) is 11.0 Å². The van der Waals surface area contributed by atoms with E-state index in [9.17, 15) is 9.00 Å².